The first-order valence-corrected chi connectivity index (χ1v) is 13.8. The Bertz CT molecular complexity index is 1160. The van der Waals surface area contributed by atoms with Crippen LogP contribution >= 0.6 is 27.5 Å². The van der Waals surface area contributed by atoms with Crippen molar-refractivity contribution in [3.8, 4) is 0 Å². The predicted octanol–water partition coefficient (Wildman–Crippen LogP) is 6.74. The first-order valence-electron chi connectivity index (χ1n) is 12.7. The van der Waals surface area contributed by atoms with Crippen molar-refractivity contribution in [2.24, 2.45) is 5.92 Å². The van der Waals surface area contributed by atoms with Gasteiger partial charge < -0.3 is 15.2 Å². The van der Waals surface area contributed by atoms with Crippen LogP contribution in [-0.4, -0.2) is 66.6 Å². The number of carbonyl (C=O) groups excluding carboxylic acids is 1. The fourth-order valence-corrected chi connectivity index (χ4v) is 5.46. The summed E-state index contributed by atoms with van der Waals surface area (Å²) in [6.07, 6.45) is -7.69. The summed E-state index contributed by atoms with van der Waals surface area (Å²) in [5.41, 5.74) is 0.934. The van der Waals surface area contributed by atoms with Crippen LogP contribution in [-0.2, 0) is 14.3 Å². The lowest BCUT2D eigenvalue weighted by atomic mass is 9.72. The number of hydrogen-bond acceptors (Lipinski definition) is 4. The summed E-state index contributed by atoms with van der Waals surface area (Å²) in [7, 11) is 0. The Kier molecular flexibility index (Phi) is 11.5. The number of nitrogens with one attached hydrogen (secondary N) is 1. The van der Waals surface area contributed by atoms with Crippen LogP contribution in [0, 0.1) is 5.92 Å². The summed E-state index contributed by atoms with van der Waals surface area (Å²) >= 11 is 9.29. The number of amides is 1. The van der Waals surface area contributed by atoms with Crippen molar-refractivity contribution < 1.29 is 45.8 Å². The number of alkyl halides is 6. The lowest BCUT2D eigenvalue weighted by molar-refractivity contribution is -0.192. The molecule has 0 bridgehead atoms. The minimum atomic E-state index is -5.08. The summed E-state index contributed by atoms with van der Waals surface area (Å²) in [6.45, 7) is 3.03. The van der Waals surface area contributed by atoms with Gasteiger partial charge in [0, 0.05) is 34.5 Å². The molecule has 2 aliphatic rings. The molecule has 2 aromatic rings. The first-order chi connectivity index (χ1) is 19.2. The third-order valence-electron chi connectivity index (χ3n) is 7.08. The van der Waals surface area contributed by atoms with Gasteiger partial charge in [0.1, 0.15) is 0 Å². The van der Waals surface area contributed by atoms with Crippen molar-refractivity contribution in [3.63, 3.8) is 0 Å². The molecule has 2 fully saturated rings. The fourth-order valence-electron chi connectivity index (χ4n) is 5.07. The zero-order valence-electron chi connectivity index (χ0n) is 21.5. The Hall–Kier alpha value is -2.35. The zero-order chi connectivity index (χ0) is 30.4. The molecule has 1 aliphatic heterocycles. The molecule has 1 amide bonds. The third kappa shape index (κ3) is 9.59. The fraction of sp³-hybridized carbons (Fsp3) is 0.481. The standard InChI is InChI=1S/C25H27BrClF3N2O2.C2HF3O2/c26-18-5-1-16(2-6-18)22-15-20(32-11-13-34-14-12-32)9-10-21(22)24(33)31-23(25(28,29)30)17-3-7-19(27)8-4-17;3-2(4,5)1(6)7/h1-8,20-23H,9-15H2,(H,31,33);(H,6,7)/t20-,21-,22+,23?;/m1./s1. The molecule has 6 nitrogen and oxygen atoms in total. The van der Waals surface area contributed by atoms with Gasteiger partial charge in [-0.15, -0.1) is 0 Å². The van der Waals surface area contributed by atoms with Crippen LogP contribution in [0.1, 0.15) is 42.3 Å². The number of benzene rings is 2. The lowest BCUT2D eigenvalue weighted by Gasteiger charge is -2.42. The quantitative estimate of drug-likeness (QED) is 0.344. The van der Waals surface area contributed by atoms with E-state index in [1.807, 2.05) is 24.3 Å². The van der Waals surface area contributed by atoms with Gasteiger partial charge in [0.15, 0.2) is 6.04 Å². The molecule has 226 valence electrons. The smallest absolute Gasteiger partial charge is 0.475 e. The molecule has 41 heavy (non-hydrogen) atoms. The predicted molar refractivity (Wildman–Crippen MR) is 142 cm³/mol. The van der Waals surface area contributed by atoms with Crippen LogP contribution < -0.4 is 5.32 Å². The van der Waals surface area contributed by atoms with Crippen molar-refractivity contribution in [2.75, 3.05) is 26.3 Å². The Balaban J connectivity index is 0.000000587. The highest BCUT2D eigenvalue weighted by molar-refractivity contribution is 9.10. The minimum absolute atomic E-state index is 0.0348. The molecule has 1 aliphatic carbocycles. The number of halogens is 8. The van der Waals surface area contributed by atoms with Crippen molar-refractivity contribution >= 4 is 39.4 Å². The van der Waals surface area contributed by atoms with Gasteiger partial charge in [-0.05, 0) is 60.6 Å². The van der Waals surface area contributed by atoms with Gasteiger partial charge >= 0.3 is 18.3 Å². The normalized spacial score (nSPS) is 22.7. The summed E-state index contributed by atoms with van der Waals surface area (Å²) < 4.78 is 79.9. The molecule has 1 saturated heterocycles. The van der Waals surface area contributed by atoms with Gasteiger partial charge in [-0.25, -0.2) is 4.79 Å². The second-order valence-corrected chi connectivity index (χ2v) is 11.1. The van der Waals surface area contributed by atoms with E-state index < -0.39 is 36.2 Å². The van der Waals surface area contributed by atoms with Gasteiger partial charge in [-0.1, -0.05) is 51.8 Å². The van der Waals surface area contributed by atoms with Crippen LogP contribution in [0.2, 0.25) is 5.02 Å². The monoisotopic (exact) mass is 672 g/mol. The van der Waals surface area contributed by atoms with E-state index in [2.05, 4.69) is 26.1 Å². The molecule has 1 saturated carbocycles. The van der Waals surface area contributed by atoms with Gasteiger partial charge in [-0.3, -0.25) is 9.69 Å². The van der Waals surface area contributed by atoms with E-state index in [-0.39, 0.29) is 17.5 Å². The molecular formula is C27H28BrClF6N2O4. The topological polar surface area (TPSA) is 78.9 Å². The van der Waals surface area contributed by atoms with E-state index in [0.29, 0.717) is 24.7 Å². The molecule has 2 N–H and O–H groups in total. The molecule has 4 atom stereocenters. The summed E-state index contributed by atoms with van der Waals surface area (Å²) in [5, 5.41) is 9.78. The van der Waals surface area contributed by atoms with Crippen molar-refractivity contribution in [1.29, 1.82) is 0 Å². The highest BCUT2D eigenvalue weighted by Gasteiger charge is 2.45. The number of hydrogen-bond donors (Lipinski definition) is 2. The van der Waals surface area contributed by atoms with Crippen molar-refractivity contribution in [1.82, 2.24) is 10.2 Å². The van der Waals surface area contributed by atoms with Crippen LogP contribution in [0.3, 0.4) is 0 Å². The molecule has 0 radical (unpaired) electrons. The Morgan fingerprint density at radius 3 is 2.05 bits per heavy atom. The van der Waals surface area contributed by atoms with E-state index in [0.717, 1.165) is 36.0 Å². The Morgan fingerprint density at radius 1 is 0.976 bits per heavy atom. The maximum absolute atomic E-state index is 13.9. The van der Waals surface area contributed by atoms with Gasteiger partial charge in [0.2, 0.25) is 5.91 Å². The number of carboxylic acid groups (broad SMARTS) is 1. The summed E-state index contributed by atoms with van der Waals surface area (Å²) in [4.78, 5) is 24.6. The van der Waals surface area contributed by atoms with Crippen LogP contribution in [0.25, 0.3) is 0 Å². The second kappa shape index (κ2) is 14.2. The van der Waals surface area contributed by atoms with E-state index in [4.69, 9.17) is 26.2 Å². The molecule has 2 aromatic carbocycles. The Morgan fingerprint density at radius 2 is 1.54 bits per heavy atom. The molecular weight excluding hydrogens is 646 g/mol. The Labute approximate surface area is 246 Å². The minimum Gasteiger partial charge on any atom is -0.475 e. The second-order valence-electron chi connectivity index (χ2n) is 9.72. The number of nitrogens with zero attached hydrogens (tertiary/aromatic N) is 1. The van der Waals surface area contributed by atoms with Gasteiger partial charge in [0.25, 0.3) is 0 Å². The molecule has 0 aromatic heterocycles. The van der Waals surface area contributed by atoms with E-state index in [1.54, 1.807) is 0 Å². The molecule has 1 heterocycles. The lowest BCUT2D eigenvalue weighted by Crippen LogP contribution is -2.49. The largest absolute Gasteiger partial charge is 0.490 e. The molecule has 4 rings (SSSR count). The number of carbonyl (C=O) groups is 2. The number of rotatable bonds is 5. The third-order valence-corrected chi connectivity index (χ3v) is 7.86. The zero-order valence-corrected chi connectivity index (χ0v) is 23.9. The molecule has 0 spiro atoms. The SMILES string of the molecule is O=C(NC(c1ccc(Cl)cc1)C(F)(F)F)[C@@H]1CC[C@@H](N2CCOCC2)C[C@H]1c1ccc(Br)cc1.O=C(O)C(F)(F)F. The maximum atomic E-state index is 13.9. The number of aliphatic carboxylic acids is 1. The van der Waals surface area contributed by atoms with Gasteiger partial charge in [-0.2, -0.15) is 26.3 Å². The van der Waals surface area contributed by atoms with Crippen LogP contribution in [0.4, 0.5) is 26.3 Å². The maximum Gasteiger partial charge on any atom is 0.490 e. The highest BCUT2D eigenvalue weighted by Crippen LogP contribution is 2.42. The van der Waals surface area contributed by atoms with E-state index >= 15 is 0 Å². The highest BCUT2D eigenvalue weighted by atomic mass is 79.9. The molecule has 14 heteroatoms. The number of carboxylic acids is 1. The average Bonchev–Trinajstić information content (AvgIpc) is 2.92. The van der Waals surface area contributed by atoms with Crippen LogP contribution in [0.5, 0.6) is 0 Å². The molecule has 1 unspecified atom stereocenters. The van der Waals surface area contributed by atoms with Crippen LogP contribution in [0.15, 0.2) is 53.0 Å². The first kappa shape index (κ1) is 33.2. The van der Waals surface area contributed by atoms with Crippen molar-refractivity contribution in [2.45, 2.75) is 49.6 Å². The number of ether oxygens (including phenoxy) is 1. The summed E-state index contributed by atoms with van der Waals surface area (Å²) in [5.74, 6) is -4.04. The average molecular weight is 674 g/mol. The van der Waals surface area contributed by atoms with Gasteiger partial charge in [0.05, 0.1) is 13.2 Å². The van der Waals surface area contributed by atoms with E-state index in [1.165, 1.54) is 24.3 Å². The van der Waals surface area contributed by atoms with Crippen molar-refractivity contribution in [3.05, 3.63) is 69.2 Å². The summed E-state index contributed by atoms with van der Waals surface area (Å²) in [6, 6.07) is 11.3. The number of morpholine rings is 1. The van der Waals surface area contributed by atoms with E-state index in [9.17, 15) is 31.1 Å².